The van der Waals surface area contributed by atoms with Crippen LogP contribution in [-0.2, 0) is 4.79 Å². The number of amides is 1. The molecule has 2 aromatic heterocycles. The van der Waals surface area contributed by atoms with Crippen molar-refractivity contribution in [2.75, 3.05) is 11.4 Å². The molecule has 0 aliphatic carbocycles. The molecule has 114 valence electrons. The van der Waals surface area contributed by atoms with Gasteiger partial charge in [0.15, 0.2) is 0 Å². The average molecular weight is 313 g/mol. The molecule has 0 aliphatic rings. The summed E-state index contributed by atoms with van der Waals surface area (Å²) in [6.45, 7) is 6.08. The quantitative estimate of drug-likeness (QED) is 0.793. The van der Waals surface area contributed by atoms with Crippen molar-refractivity contribution in [3.8, 4) is 22.9 Å². The number of thiazole rings is 1. The molecule has 0 saturated carbocycles. The van der Waals surface area contributed by atoms with Gasteiger partial charge in [-0.05, 0) is 25.5 Å². The van der Waals surface area contributed by atoms with E-state index in [1.165, 1.54) is 11.3 Å². The lowest BCUT2D eigenvalue weighted by Gasteiger charge is -2.22. The highest BCUT2D eigenvalue weighted by Crippen LogP contribution is 2.34. The number of anilines is 1. The second-order valence-electron chi connectivity index (χ2n) is 5.09. The smallest absolute Gasteiger partial charge is 0.231 e. The summed E-state index contributed by atoms with van der Waals surface area (Å²) in [5, 5.41) is 1.67. The molecule has 2 rings (SSSR count). The van der Waals surface area contributed by atoms with Crippen LogP contribution in [0.5, 0.6) is 0 Å². The maximum Gasteiger partial charge on any atom is 0.231 e. The second-order valence-corrected chi connectivity index (χ2v) is 6.07. The second kappa shape index (κ2) is 7.19. The summed E-state index contributed by atoms with van der Waals surface area (Å²) in [4.78, 5) is 22.9. The number of hydrogen-bond acceptors (Lipinski definition) is 4. The van der Waals surface area contributed by atoms with E-state index in [4.69, 9.17) is 6.42 Å². The lowest BCUT2D eigenvalue weighted by Crippen LogP contribution is -2.35. The third kappa shape index (κ3) is 3.34. The number of carbonyl (C=O) groups excluding carboxylic acids is 1. The van der Waals surface area contributed by atoms with Crippen LogP contribution in [0.15, 0.2) is 24.5 Å². The van der Waals surface area contributed by atoms with Gasteiger partial charge in [0.1, 0.15) is 10.0 Å². The Hall–Kier alpha value is -2.19. The number of terminal acetylenes is 1. The van der Waals surface area contributed by atoms with E-state index < -0.39 is 0 Å². The van der Waals surface area contributed by atoms with E-state index in [0.717, 1.165) is 27.7 Å². The molecule has 0 aliphatic heterocycles. The van der Waals surface area contributed by atoms with Crippen molar-refractivity contribution in [1.82, 2.24) is 9.97 Å². The SMILES string of the molecule is C#CCN(C(=O)C(C)CC)c1sc(-c2cccnc2)nc1C. The Balaban J connectivity index is 2.39. The minimum absolute atomic E-state index is 0.0462. The van der Waals surface area contributed by atoms with Gasteiger partial charge in [0.2, 0.25) is 5.91 Å². The largest absolute Gasteiger partial charge is 0.290 e. The summed E-state index contributed by atoms with van der Waals surface area (Å²) in [6, 6.07) is 3.83. The minimum atomic E-state index is -0.0586. The molecular formula is C17H19N3OS. The lowest BCUT2D eigenvalue weighted by atomic mass is 10.1. The molecule has 0 radical (unpaired) electrons. The fourth-order valence-electron chi connectivity index (χ4n) is 2.03. The molecule has 22 heavy (non-hydrogen) atoms. The number of rotatable bonds is 5. The van der Waals surface area contributed by atoms with Crippen molar-refractivity contribution < 1.29 is 4.79 Å². The molecule has 4 nitrogen and oxygen atoms in total. The standard InChI is InChI=1S/C17H19N3OS/c1-5-10-20(16(21)12(3)6-2)17-13(4)19-15(22-17)14-8-7-9-18-11-14/h1,7-9,11-12H,6,10H2,2-4H3. The van der Waals surface area contributed by atoms with Crippen LogP contribution in [0.4, 0.5) is 5.00 Å². The van der Waals surface area contributed by atoms with E-state index in [0.29, 0.717) is 0 Å². The predicted octanol–water partition coefficient (Wildman–Crippen LogP) is 3.53. The van der Waals surface area contributed by atoms with Gasteiger partial charge >= 0.3 is 0 Å². The number of nitrogens with zero attached hydrogens (tertiary/aromatic N) is 3. The van der Waals surface area contributed by atoms with Crippen LogP contribution < -0.4 is 4.90 Å². The van der Waals surface area contributed by atoms with Crippen LogP contribution in [0.25, 0.3) is 10.6 Å². The van der Waals surface area contributed by atoms with Gasteiger partial charge in [0, 0.05) is 23.9 Å². The maximum atomic E-state index is 12.6. The van der Waals surface area contributed by atoms with Crippen molar-refractivity contribution in [2.24, 2.45) is 5.92 Å². The van der Waals surface area contributed by atoms with Crippen LogP contribution in [0.1, 0.15) is 26.0 Å². The molecule has 1 amide bonds. The van der Waals surface area contributed by atoms with E-state index in [9.17, 15) is 4.79 Å². The molecule has 0 aromatic carbocycles. The Morgan fingerprint density at radius 1 is 1.55 bits per heavy atom. The molecule has 0 fully saturated rings. The topological polar surface area (TPSA) is 46.1 Å². The summed E-state index contributed by atoms with van der Waals surface area (Å²) in [6.07, 6.45) is 9.72. The van der Waals surface area contributed by atoms with Crippen molar-refractivity contribution in [3.05, 3.63) is 30.2 Å². The lowest BCUT2D eigenvalue weighted by molar-refractivity contribution is -0.121. The fraction of sp³-hybridized carbons (Fsp3) is 0.353. The first-order chi connectivity index (χ1) is 10.6. The third-order valence-corrected chi connectivity index (χ3v) is 4.70. The minimum Gasteiger partial charge on any atom is -0.290 e. The molecule has 1 atom stereocenters. The fourth-order valence-corrected chi connectivity index (χ4v) is 3.10. The summed E-state index contributed by atoms with van der Waals surface area (Å²) >= 11 is 1.48. The van der Waals surface area contributed by atoms with Gasteiger partial charge in [0.25, 0.3) is 0 Å². The highest BCUT2D eigenvalue weighted by Gasteiger charge is 2.24. The van der Waals surface area contributed by atoms with E-state index in [1.807, 2.05) is 32.9 Å². The van der Waals surface area contributed by atoms with Gasteiger partial charge in [-0.25, -0.2) is 4.98 Å². The summed E-state index contributed by atoms with van der Waals surface area (Å²) in [5.41, 5.74) is 1.76. The zero-order chi connectivity index (χ0) is 16.1. The summed E-state index contributed by atoms with van der Waals surface area (Å²) < 4.78 is 0. The number of hydrogen-bond donors (Lipinski definition) is 0. The Morgan fingerprint density at radius 2 is 2.32 bits per heavy atom. The Labute approximate surface area is 135 Å². The zero-order valence-electron chi connectivity index (χ0n) is 13.0. The summed E-state index contributed by atoms with van der Waals surface area (Å²) in [7, 11) is 0. The van der Waals surface area contributed by atoms with E-state index in [1.54, 1.807) is 17.3 Å². The van der Waals surface area contributed by atoms with E-state index in [2.05, 4.69) is 15.9 Å². The Bertz CT molecular complexity index is 688. The highest BCUT2D eigenvalue weighted by molar-refractivity contribution is 7.19. The van der Waals surface area contributed by atoms with Gasteiger partial charge < -0.3 is 0 Å². The molecule has 1 unspecified atom stereocenters. The molecule has 0 bridgehead atoms. The highest BCUT2D eigenvalue weighted by atomic mass is 32.1. The first-order valence-electron chi connectivity index (χ1n) is 7.21. The Kier molecular flexibility index (Phi) is 5.29. The first kappa shape index (κ1) is 16.2. The van der Waals surface area contributed by atoms with Crippen LogP contribution in [-0.4, -0.2) is 22.4 Å². The van der Waals surface area contributed by atoms with Gasteiger partial charge in [0.05, 0.1) is 12.2 Å². The zero-order valence-corrected chi connectivity index (χ0v) is 13.9. The van der Waals surface area contributed by atoms with E-state index in [-0.39, 0.29) is 18.4 Å². The first-order valence-corrected chi connectivity index (χ1v) is 8.02. The van der Waals surface area contributed by atoms with Crippen LogP contribution in [0.2, 0.25) is 0 Å². The normalized spacial score (nSPS) is 11.7. The average Bonchev–Trinajstić information content (AvgIpc) is 2.93. The van der Waals surface area contributed by atoms with Crippen molar-refractivity contribution >= 4 is 22.2 Å². The van der Waals surface area contributed by atoms with Gasteiger partial charge in [-0.1, -0.05) is 31.1 Å². The number of carbonyl (C=O) groups is 1. The van der Waals surface area contributed by atoms with Gasteiger partial charge in [-0.3, -0.25) is 14.7 Å². The molecule has 5 heteroatoms. The monoisotopic (exact) mass is 313 g/mol. The molecule has 2 heterocycles. The van der Waals surface area contributed by atoms with E-state index >= 15 is 0 Å². The van der Waals surface area contributed by atoms with Crippen molar-refractivity contribution in [2.45, 2.75) is 27.2 Å². The maximum absolute atomic E-state index is 12.6. The number of pyridine rings is 1. The summed E-state index contributed by atoms with van der Waals surface area (Å²) in [5.74, 6) is 2.56. The predicted molar refractivity (Wildman–Crippen MR) is 90.7 cm³/mol. The third-order valence-electron chi connectivity index (χ3n) is 3.48. The molecule has 0 saturated heterocycles. The molecule has 2 aromatic rings. The molecular weight excluding hydrogens is 294 g/mol. The van der Waals surface area contributed by atoms with Crippen molar-refractivity contribution in [1.29, 1.82) is 0 Å². The Morgan fingerprint density at radius 3 is 2.91 bits per heavy atom. The number of aryl methyl sites for hydroxylation is 1. The molecule has 0 N–H and O–H groups in total. The van der Waals surface area contributed by atoms with Crippen LogP contribution in [0, 0.1) is 25.2 Å². The number of aromatic nitrogens is 2. The van der Waals surface area contributed by atoms with Crippen LogP contribution >= 0.6 is 11.3 Å². The van der Waals surface area contributed by atoms with Crippen molar-refractivity contribution in [3.63, 3.8) is 0 Å². The van der Waals surface area contributed by atoms with Gasteiger partial charge in [-0.2, -0.15) is 0 Å². The van der Waals surface area contributed by atoms with Gasteiger partial charge in [-0.15, -0.1) is 6.42 Å². The van der Waals surface area contributed by atoms with Crippen LogP contribution in [0.3, 0.4) is 0 Å². The molecule has 0 spiro atoms.